The fourth-order valence-corrected chi connectivity index (χ4v) is 2.52. The average molecular weight is 256 g/mol. The summed E-state index contributed by atoms with van der Waals surface area (Å²) in [5, 5.41) is 0. The van der Waals surface area contributed by atoms with Crippen molar-refractivity contribution in [3.05, 3.63) is 53.6 Å². The molecule has 0 amide bonds. The Balaban J connectivity index is 2.13. The third-order valence-corrected chi connectivity index (χ3v) is 3.76. The molecule has 0 spiro atoms. The Labute approximate surface area is 110 Å². The molecule has 90 valence electrons. The zero-order chi connectivity index (χ0) is 12.5. The first-order valence-corrected chi connectivity index (χ1v) is 6.97. The molecule has 0 aromatic heterocycles. The SMILES string of the molecule is CSc1ccc2c(c1)C(=O)Cc1ccccc1O2. The van der Waals surface area contributed by atoms with Crippen molar-refractivity contribution in [2.24, 2.45) is 0 Å². The van der Waals surface area contributed by atoms with E-state index in [2.05, 4.69) is 0 Å². The van der Waals surface area contributed by atoms with Crippen LogP contribution in [0.4, 0.5) is 0 Å². The lowest BCUT2D eigenvalue weighted by atomic mass is 10.0. The van der Waals surface area contributed by atoms with Gasteiger partial charge < -0.3 is 4.74 Å². The monoisotopic (exact) mass is 256 g/mol. The lowest BCUT2D eigenvalue weighted by Crippen LogP contribution is -2.01. The van der Waals surface area contributed by atoms with E-state index in [4.69, 9.17) is 4.74 Å². The second kappa shape index (κ2) is 4.50. The molecule has 1 heterocycles. The van der Waals surface area contributed by atoms with Gasteiger partial charge in [-0.1, -0.05) is 18.2 Å². The molecule has 0 aliphatic carbocycles. The number of fused-ring (bicyclic) bond motifs is 2. The summed E-state index contributed by atoms with van der Waals surface area (Å²) in [4.78, 5) is 13.3. The van der Waals surface area contributed by atoms with E-state index in [1.54, 1.807) is 11.8 Å². The van der Waals surface area contributed by atoms with E-state index in [0.717, 1.165) is 16.2 Å². The number of carbonyl (C=O) groups excluding carboxylic acids is 1. The van der Waals surface area contributed by atoms with Gasteiger partial charge in [0.25, 0.3) is 0 Å². The Bertz CT molecular complexity index is 620. The van der Waals surface area contributed by atoms with Crippen LogP contribution in [0.2, 0.25) is 0 Å². The maximum atomic E-state index is 12.2. The first kappa shape index (κ1) is 11.4. The third kappa shape index (κ3) is 1.91. The molecule has 2 aromatic rings. The molecule has 0 atom stereocenters. The van der Waals surface area contributed by atoms with Gasteiger partial charge in [0.15, 0.2) is 5.78 Å². The van der Waals surface area contributed by atoms with Crippen LogP contribution in [-0.4, -0.2) is 12.0 Å². The zero-order valence-corrected chi connectivity index (χ0v) is 10.8. The highest BCUT2D eigenvalue weighted by atomic mass is 32.2. The van der Waals surface area contributed by atoms with E-state index in [1.165, 1.54) is 0 Å². The first-order chi connectivity index (χ1) is 8.78. The van der Waals surface area contributed by atoms with Crippen molar-refractivity contribution in [3.63, 3.8) is 0 Å². The van der Waals surface area contributed by atoms with Gasteiger partial charge in [-0.25, -0.2) is 0 Å². The second-order valence-electron chi connectivity index (χ2n) is 4.17. The van der Waals surface area contributed by atoms with E-state index in [1.807, 2.05) is 48.7 Å². The van der Waals surface area contributed by atoms with Crippen LogP contribution in [0.3, 0.4) is 0 Å². The normalized spacial score (nSPS) is 13.3. The van der Waals surface area contributed by atoms with Crippen molar-refractivity contribution in [1.29, 1.82) is 0 Å². The highest BCUT2D eigenvalue weighted by Crippen LogP contribution is 2.35. The number of carbonyl (C=O) groups is 1. The molecule has 0 unspecified atom stereocenters. The number of benzene rings is 2. The van der Waals surface area contributed by atoms with Gasteiger partial charge in [-0.3, -0.25) is 4.79 Å². The fourth-order valence-electron chi connectivity index (χ4n) is 2.08. The molecule has 18 heavy (non-hydrogen) atoms. The number of Topliss-reactive ketones (excluding diaryl/α,β-unsaturated/α-hetero) is 1. The van der Waals surface area contributed by atoms with Gasteiger partial charge in [0.2, 0.25) is 0 Å². The summed E-state index contributed by atoms with van der Waals surface area (Å²) < 4.78 is 5.84. The molecule has 0 saturated heterocycles. The zero-order valence-electron chi connectivity index (χ0n) is 9.97. The van der Waals surface area contributed by atoms with Crippen molar-refractivity contribution >= 4 is 17.5 Å². The van der Waals surface area contributed by atoms with E-state index in [0.29, 0.717) is 17.7 Å². The molecule has 1 aliphatic rings. The van der Waals surface area contributed by atoms with E-state index < -0.39 is 0 Å². The third-order valence-electron chi connectivity index (χ3n) is 3.03. The van der Waals surface area contributed by atoms with Crippen LogP contribution in [0.1, 0.15) is 15.9 Å². The number of para-hydroxylation sites is 1. The molecule has 0 N–H and O–H groups in total. The number of ketones is 1. The van der Waals surface area contributed by atoms with Crippen molar-refractivity contribution in [3.8, 4) is 11.5 Å². The number of hydrogen-bond donors (Lipinski definition) is 0. The first-order valence-electron chi connectivity index (χ1n) is 5.75. The summed E-state index contributed by atoms with van der Waals surface area (Å²) in [5.41, 5.74) is 1.63. The lowest BCUT2D eigenvalue weighted by molar-refractivity contribution is 0.0993. The van der Waals surface area contributed by atoms with Crippen LogP contribution in [-0.2, 0) is 6.42 Å². The van der Waals surface area contributed by atoms with Gasteiger partial charge in [0.1, 0.15) is 11.5 Å². The van der Waals surface area contributed by atoms with Gasteiger partial charge in [-0.05, 0) is 30.5 Å². The number of rotatable bonds is 1. The summed E-state index contributed by atoms with van der Waals surface area (Å²) in [5.74, 6) is 1.55. The van der Waals surface area contributed by atoms with Crippen molar-refractivity contribution < 1.29 is 9.53 Å². The Kier molecular flexibility index (Phi) is 2.84. The Morgan fingerprint density at radius 2 is 1.94 bits per heavy atom. The minimum Gasteiger partial charge on any atom is -0.456 e. The number of thioether (sulfide) groups is 1. The lowest BCUT2D eigenvalue weighted by Gasteiger charge is -2.08. The highest BCUT2D eigenvalue weighted by Gasteiger charge is 2.20. The molecule has 0 fully saturated rings. The standard InChI is InChI=1S/C15H12O2S/c1-18-11-6-7-15-12(9-11)13(16)8-10-4-2-3-5-14(10)17-15/h2-7,9H,8H2,1H3. The predicted octanol–water partition coefficient (Wildman–Crippen LogP) is 3.94. The maximum Gasteiger partial charge on any atom is 0.171 e. The molecule has 1 aliphatic heterocycles. The smallest absolute Gasteiger partial charge is 0.171 e. The molecule has 2 aromatic carbocycles. The molecule has 2 nitrogen and oxygen atoms in total. The van der Waals surface area contributed by atoms with Crippen LogP contribution >= 0.6 is 11.8 Å². The van der Waals surface area contributed by atoms with Crippen LogP contribution in [0, 0.1) is 0 Å². The van der Waals surface area contributed by atoms with Crippen LogP contribution in [0.5, 0.6) is 11.5 Å². The fraction of sp³-hybridized carbons (Fsp3) is 0.133. The summed E-state index contributed by atoms with van der Waals surface area (Å²) in [6.07, 6.45) is 2.40. The molecule has 0 bridgehead atoms. The van der Waals surface area contributed by atoms with Gasteiger partial charge in [0.05, 0.1) is 5.56 Å². The van der Waals surface area contributed by atoms with Crippen molar-refractivity contribution in [1.82, 2.24) is 0 Å². The second-order valence-corrected chi connectivity index (χ2v) is 5.05. The van der Waals surface area contributed by atoms with Crippen molar-refractivity contribution in [2.75, 3.05) is 6.26 Å². The minimum atomic E-state index is 0.117. The van der Waals surface area contributed by atoms with Gasteiger partial charge >= 0.3 is 0 Å². The summed E-state index contributed by atoms with van der Waals surface area (Å²) >= 11 is 1.63. The molecule has 0 saturated carbocycles. The predicted molar refractivity (Wildman–Crippen MR) is 72.8 cm³/mol. The van der Waals surface area contributed by atoms with E-state index >= 15 is 0 Å². The van der Waals surface area contributed by atoms with Crippen LogP contribution < -0.4 is 4.74 Å². The molecule has 0 radical (unpaired) electrons. The molecular weight excluding hydrogens is 244 g/mol. The summed E-state index contributed by atoms with van der Waals surface area (Å²) in [6.45, 7) is 0. The Morgan fingerprint density at radius 3 is 2.78 bits per heavy atom. The minimum absolute atomic E-state index is 0.117. The maximum absolute atomic E-state index is 12.2. The van der Waals surface area contributed by atoms with Gasteiger partial charge in [0, 0.05) is 16.9 Å². The molecule has 3 rings (SSSR count). The van der Waals surface area contributed by atoms with E-state index in [9.17, 15) is 4.79 Å². The Morgan fingerprint density at radius 1 is 1.11 bits per heavy atom. The van der Waals surface area contributed by atoms with Crippen LogP contribution in [0.15, 0.2) is 47.4 Å². The average Bonchev–Trinajstić information content (AvgIpc) is 2.54. The largest absolute Gasteiger partial charge is 0.456 e. The molecule has 3 heteroatoms. The molecular formula is C15H12O2S. The van der Waals surface area contributed by atoms with E-state index in [-0.39, 0.29) is 5.78 Å². The topological polar surface area (TPSA) is 26.3 Å². The quantitative estimate of drug-likeness (QED) is 0.723. The highest BCUT2D eigenvalue weighted by molar-refractivity contribution is 7.98. The number of ether oxygens (including phenoxy) is 1. The van der Waals surface area contributed by atoms with Crippen molar-refractivity contribution in [2.45, 2.75) is 11.3 Å². The summed E-state index contributed by atoms with van der Waals surface area (Å²) in [6, 6.07) is 13.5. The van der Waals surface area contributed by atoms with Gasteiger partial charge in [-0.15, -0.1) is 11.8 Å². The summed E-state index contributed by atoms with van der Waals surface area (Å²) in [7, 11) is 0. The van der Waals surface area contributed by atoms with Gasteiger partial charge in [-0.2, -0.15) is 0 Å². The number of hydrogen-bond acceptors (Lipinski definition) is 3. The Hall–Kier alpha value is -1.74. The van der Waals surface area contributed by atoms with Crippen LogP contribution in [0.25, 0.3) is 0 Å².